The van der Waals surface area contributed by atoms with Gasteiger partial charge in [0.2, 0.25) is 0 Å². The summed E-state index contributed by atoms with van der Waals surface area (Å²) >= 11 is 0. The van der Waals surface area contributed by atoms with Gasteiger partial charge in [0.05, 0.1) is 17.5 Å². The van der Waals surface area contributed by atoms with E-state index in [9.17, 15) is 9.18 Å². The van der Waals surface area contributed by atoms with Gasteiger partial charge in [-0.25, -0.2) is 4.39 Å². The highest BCUT2D eigenvalue weighted by Crippen LogP contribution is 2.34. The second-order valence-corrected chi connectivity index (χ2v) is 7.20. The summed E-state index contributed by atoms with van der Waals surface area (Å²) in [6, 6.07) is 6.70. The van der Waals surface area contributed by atoms with E-state index in [1.165, 1.54) is 6.07 Å². The molecule has 5 heteroatoms. The standard InChI is InChI=1S/C19H22FN3O/c1-19(12-14-5-2-6-15(20)11-14)8-4-9-22(19)18(24)16-13-21-23-10-3-7-17(16)23/h2,5-6,11,13H,3-4,7-10,12H2,1H3. The highest BCUT2D eigenvalue weighted by Gasteiger charge is 2.41. The van der Waals surface area contributed by atoms with Crippen LogP contribution in [-0.2, 0) is 19.4 Å². The topological polar surface area (TPSA) is 38.1 Å². The molecule has 0 N–H and O–H groups in total. The number of fused-ring (bicyclic) bond motifs is 1. The van der Waals surface area contributed by atoms with Gasteiger partial charge < -0.3 is 4.90 Å². The summed E-state index contributed by atoms with van der Waals surface area (Å²) in [6.45, 7) is 3.78. The predicted molar refractivity (Wildman–Crippen MR) is 89.3 cm³/mol. The normalized spacial score (nSPS) is 22.8. The van der Waals surface area contributed by atoms with Crippen molar-refractivity contribution in [3.05, 3.63) is 53.1 Å². The van der Waals surface area contributed by atoms with Gasteiger partial charge in [0.25, 0.3) is 5.91 Å². The molecule has 0 radical (unpaired) electrons. The highest BCUT2D eigenvalue weighted by atomic mass is 19.1. The maximum Gasteiger partial charge on any atom is 0.257 e. The number of carbonyl (C=O) groups is 1. The van der Waals surface area contributed by atoms with E-state index >= 15 is 0 Å². The first-order valence-electron chi connectivity index (χ1n) is 8.68. The molecule has 0 bridgehead atoms. The molecule has 1 amide bonds. The Bertz CT molecular complexity index is 785. The maximum absolute atomic E-state index is 13.5. The molecule has 2 aliphatic heterocycles. The van der Waals surface area contributed by atoms with Crippen LogP contribution >= 0.6 is 0 Å². The smallest absolute Gasteiger partial charge is 0.257 e. The Kier molecular flexibility index (Phi) is 3.66. The summed E-state index contributed by atoms with van der Waals surface area (Å²) in [4.78, 5) is 15.1. The number of benzene rings is 1. The third-order valence-electron chi connectivity index (χ3n) is 5.43. The van der Waals surface area contributed by atoms with Gasteiger partial charge in [-0.05, 0) is 56.7 Å². The quantitative estimate of drug-likeness (QED) is 0.868. The lowest BCUT2D eigenvalue weighted by molar-refractivity contribution is 0.0623. The van der Waals surface area contributed by atoms with Crippen molar-refractivity contribution in [1.29, 1.82) is 0 Å². The molecule has 1 fully saturated rings. The van der Waals surface area contributed by atoms with Gasteiger partial charge in [0.15, 0.2) is 0 Å². The molecule has 126 valence electrons. The summed E-state index contributed by atoms with van der Waals surface area (Å²) in [5, 5.41) is 4.35. The van der Waals surface area contributed by atoms with Crippen molar-refractivity contribution in [2.75, 3.05) is 6.54 Å². The molecule has 24 heavy (non-hydrogen) atoms. The van der Waals surface area contributed by atoms with Crippen molar-refractivity contribution in [3.63, 3.8) is 0 Å². The van der Waals surface area contributed by atoms with Crippen LogP contribution < -0.4 is 0 Å². The Morgan fingerprint density at radius 1 is 1.33 bits per heavy atom. The first kappa shape index (κ1) is 15.4. The van der Waals surface area contributed by atoms with E-state index in [-0.39, 0.29) is 17.3 Å². The molecule has 0 spiro atoms. The molecule has 4 rings (SSSR count). The lowest BCUT2D eigenvalue weighted by Gasteiger charge is -2.35. The number of aryl methyl sites for hydroxylation is 1. The summed E-state index contributed by atoms with van der Waals surface area (Å²) < 4.78 is 15.5. The minimum atomic E-state index is -0.266. The van der Waals surface area contributed by atoms with Crippen molar-refractivity contribution in [2.24, 2.45) is 0 Å². The van der Waals surface area contributed by atoms with E-state index in [0.717, 1.165) is 55.6 Å². The predicted octanol–water partition coefficient (Wildman–Crippen LogP) is 3.21. The van der Waals surface area contributed by atoms with Gasteiger partial charge in [-0.15, -0.1) is 0 Å². The fourth-order valence-corrected chi connectivity index (χ4v) is 4.23. The molecule has 2 aromatic rings. The van der Waals surface area contributed by atoms with Crippen LogP contribution in [0.2, 0.25) is 0 Å². The Morgan fingerprint density at radius 3 is 3.04 bits per heavy atom. The van der Waals surface area contributed by atoms with Crippen LogP contribution in [0.1, 0.15) is 47.8 Å². The van der Waals surface area contributed by atoms with Gasteiger partial charge in [-0.2, -0.15) is 5.10 Å². The Morgan fingerprint density at radius 2 is 2.21 bits per heavy atom. The highest BCUT2D eigenvalue weighted by molar-refractivity contribution is 5.96. The van der Waals surface area contributed by atoms with Crippen molar-refractivity contribution in [3.8, 4) is 0 Å². The zero-order valence-electron chi connectivity index (χ0n) is 14.0. The number of carbonyl (C=O) groups excluding carboxylic acids is 1. The average Bonchev–Trinajstić information content (AvgIpc) is 3.21. The SMILES string of the molecule is CC1(Cc2cccc(F)c2)CCCN1C(=O)c1cnn2c1CCC2. The molecule has 0 aliphatic carbocycles. The zero-order valence-corrected chi connectivity index (χ0v) is 14.0. The van der Waals surface area contributed by atoms with Crippen molar-refractivity contribution in [2.45, 2.75) is 51.1 Å². The molecule has 1 unspecified atom stereocenters. The lowest BCUT2D eigenvalue weighted by atomic mass is 9.89. The lowest BCUT2D eigenvalue weighted by Crippen LogP contribution is -2.46. The number of amides is 1. The van der Waals surface area contributed by atoms with Crippen molar-refractivity contribution in [1.82, 2.24) is 14.7 Å². The molecule has 1 aromatic heterocycles. The van der Waals surface area contributed by atoms with Crippen LogP contribution in [0, 0.1) is 5.82 Å². The fourth-order valence-electron chi connectivity index (χ4n) is 4.23. The molecule has 1 saturated heterocycles. The Labute approximate surface area is 141 Å². The van der Waals surface area contributed by atoms with E-state index in [1.807, 2.05) is 15.6 Å². The van der Waals surface area contributed by atoms with Crippen molar-refractivity contribution < 1.29 is 9.18 Å². The number of hydrogen-bond acceptors (Lipinski definition) is 2. The molecule has 1 atom stereocenters. The zero-order chi connectivity index (χ0) is 16.7. The van der Waals surface area contributed by atoms with Crippen LogP contribution in [0.5, 0.6) is 0 Å². The number of rotatable bonds is 3. The van der Waals surface area contributed by atoms with Gasteiger partial charge in [0.1, 0.15) is 5.82 Å². The van der Waals surface area contributed by atoms with Crippen LogP contribution in [0.3, 0.4) is 0 Å². The van der Waals surface area contributed by atoms with E-state index in [0.29, 0.717) is 6.42 Å². The molecule has 0 saturated carbocycles. The summed E-state index contributed by atoms with van der Waals surface area (Å²) in [7, 11) is 0. The number of aromatic nitrogens is 2. The van der Waals surface area contributed by atoms with Gasteiger partial charge >= 0.3 is 0 Å². The molecule has 1 aromatic carbocycles. The van der Waals surface area contributed by atoms with E-state index in [2.05, 4.69) is 12.0 Å². The molecule has 3 heterocycles. The average molecular weight is 327 g/mol. The van der Waals surface area contributed by atoms with Crippen LogP contribution in [0.15, 0.2) is 30.5 Å². The van der Waals surface area contributed by atoms with Crippen LogP contribution in [-0.4, -0.2) is 32.7 Å². The fraction of sp³-hybridized carbons (Fsp3) is 0.474. The minimum absolute atomic E-state index is 0.0783. The molecule has 2 aliphatic rings. The van der Waals surface area contributed by atoms with Crippen LogP contribution in [0.4, 0.5) is 4.39 Å². The molecular formula is C19H22FN3O. The molecular weight excluding hydrogens is 305 g/mol. The third-order valence-corrected chi connectivity index (χ3v) is 5.43. The molecule has 4 nitrogen and oxygen atoms in total. The first-order valence-corrected chi connectivity index (χ1v) is 8.68. The van der Waals surface area contributed by atoms with E-state index in [4.69, 9.17) is 0 Å². The van der Waals surface area contributed by atoms with Gasteiger partial charge in [0, 0.05) is 18.6 Å². The number of nitrogens with zero attached hydrogens (tertiary/aromatic N) is 3. The second-order valence-electron chi connectivity index (χ2n) is 7.20. The van der Waals surface area contributed by atoms with Gasteiger partial charge in [-0.3, -0.25) is 9.48 Å². The number of halogens is 1. The largest absolute Gasteiger partial charge is 0.333 e. The first-order chi connectivity index (χ1) is 11.6. The summed E-state index contributed by atoms with van der Waals surface area (Å²) in [5.41, 5.74) is 2.50. The monoisotopic (exact) mass is 327 g/mol. The summed E-state index contributed by atoms with van der Waals surface area (Å²) in [5.74, 6) is -0.143. The number of likely N-dealkylation sites (tertiary alicyclic amines) is 1. The van der Waals surface area contributed by atoms with E-state index < -0.39 is 0 Å². The number of hydrogen-bond donors (Lipinski definition) is 0. The third kappa shape index (κ3) is 2.52. The Balaban J connectivity index is 1.60. The Hall–Kier alpha value is -2.17. The minimum Gasteiger partial charge on any atom is -0.333 e. The van der Waals surface area contributed by atoms with E-state index in [1.54, 1.807) is 18.3 Å². The van der Waals surface area contributed by atoms with Crippen molar-refractivity contribution >= 4 is 5.91 Å². The van der Waals surface area contributed by atoms with Crippen LogP contribution in [0.25, 0.3) is 0 Å². The summed E-state index contributed by atoms with van der Waals surface area (Å²) in [6.07, 6.45) is 6.32. The maximum atomic E-state index is 13.5. The van der Waals surface area contributed by atoms with Gasteiger partial charge in [-0.1, -0.05) is 12.1 Å². The second kappa shape index (κ2) is 5.72.